The summed E-state index contributed by atoms with van der Waals surface area (Å²) in [5.74, 6) is -0.0383. The average molecular weight is 210 g/mol. The predicted octanol–water partition coefficient (Wildman–Crippen LogP) is 2.33. The molecule has 0 spiro atoms. The fraction of sp³-hybridized carbons (Fsp3) is 0.667. The maximum atomic E-state index is 11.6. The lowest BCUT2D eigenvalue weighted by atomic mass is 10.1. The topological polar surface area (TPSA) is 41.5 Å². The lowest BCUT2D eigenvalue weighted by Gasteiger charge is -2.21. The van der Waals surface area contributed by atoms with E-state index < -0.39 is 0 Å². The number of carbonyl (C=O) groups excluding carboxylic acids is 1. The van der Waals surface area contributed by atoms with Crippen molar-refractivity contribution in [2.75, 3.05) is 0 Å². The molecule has 0 saturated carbocycles. The van der Waals surface area contributed by atoms with Crippen LogP contribution in [0.25, 0.3) is 0 Å². The summed E-state index contributed by atoms with van der Waals surface area (Å²) in [6.45, 7) is 9.71. The first-order chi connectivity index (χ1) is 6.87. The third kappa shape index (κ3) is 7.91. The maximum absolute atomic E-state index is 11.6. The van der Waals surface area contributed by atoms with Crippen molar-refractivity contribution in [3.05, 3.63) is 12.2 Å². The largest absolute Gasteiger partial charge is 0.350 e. The Bertz CT molecular complexity index is 249. The maximum Gasteiger partial charge on any atom is 0.244 e. The molecule has 86 valence electrons. The standard InChI is InChI=1S/C12H22N2O/c1-6-7-8-9-13-10(2)11(15)14-12(3,4)5/h7-10H,6H2,1-5H3,(H,14,15)/b8-7-,13-9?. The van der Waals surface area contributed by atoms with Crippen molar-refractivity contribution in [1.29, 1.82) is 0 Å². The van der Waals surface area contributed by atoms with Gasteiger partial charge in [-0.15, -0.1) is 0 Å². The second-order valence-electron chi connectivity index (χ2n) is 4.55. The van der Waals surface area contributed by atoms with Crippen molar-refractivity contribution < 1.29 is 4.79 Å². The second kappa shape index (κ2) is 6.38. The predicted molar refractivity (Wildman–Crippen MR) is 65.3 cm³/mol. The summed E-state index contributed by atoms with van der Waals surface area (Å²) >= 11 is 0. The molecular weight excluding hydrogens is 188 g/mol. The van der Waals surface area contributed by atoms with Crippen LogP contribution in [-0.2, 0) is 4.79 Å². The molecule has 15 heavy (non-hydrogen) atoms. The smallest absolute Gasteiger partial charge is 0.244 e. The summed E-state index contributed by atoms with van der Waals surface area (Å²) in [5.41, 5.74) is -0.194. The Labute approximate surface area is 92.7 Å². The van der Waals surface area contributed by atoms with Crippen LogP contribution in [0.4, 0.5) is 0 Å². The molecule has 0 aliphatic rings. The molecule has 0 fully saturated rings. The summed E-state index contributed by atoms with van der Waals surface area (Å²) < 4.78 is 0. The second-order valence-corrected chi connectivity index (χ2v) is 4.55. The molecular formula is C12H22N2O. The first kappa shape index (κ1) is 13.9. The Kier molecular flexibility index (Phi) is 5.90. The minimum Gasteiger partial charge on any atom is -0.350 e. The van der Waals surface area contributed by atoms with Gasteiger partial charge in [0.2, 0.25) is 5.91 Å². The van der Waals surface area contributed by atoms with Gasteiger partial charge in [-0.1, -0.05) is 13.0 Å². The summed E-state index contributed by atoms with van der Waals surface area (Å²) in [6.07, 6.45) is 6.52. The third-order valence-electron chi connectivity index (χ3n) is 1.65. The zero-order valence-electron chi connectivity index (χ0n) is 10.4. The van der Waals surface area contributed by atoms with Gasteiger partial charge >= 0.3 is 0 Å². The molecule has 0 aromatic heterocycles. The van der Waals surface area contributed by atoms with Gasteiger partial charge < -0.3 is 5.32 Å². The van der Waals surface area contributed by atoms with Crippen molar-refractivity contribution in [2.24, 2.45) is 4.99 Å². The number of aliphatic imine (C=N–C) groups is 1. The molecule has 3 nitrogen and oxygen atoms in total. The molecule has 0 aliphatic heterocycles. The van der Waals surface area contributed by atoms with Gasteiger partial charge in [-0.25, -0.2) is 0 Å². The van der Waals surface area contributed by atoms with Gasteiger partial charge in [-0.2, -0.15) is 0 Å². The molecule has 0 rings (SSSR count). The van der Waals surface area contributed by atoms with E-state index in [9.17, 15) is 4.79 Å². The number of nitrogens with zero attached hydrogens (tertiary/aromatic N) is 1. The Hall–Kier alpha value is -1.12. The van der Waals surface area contributed by atoms with Gasteiger partial charge in [-0.3, -0.25) is 9.79 Å². The fourth-order valence-electron chi connectivity index (χ4n) is 0.917. The molecule has 0 bridgehead atoms. The minimum absolute atomic E-state index is 0.0383. The molecule has 1 amide bonds. The van der Waals surface area contributed by atoms with Crippen LogP contribution in [0.15, 0.2) is 17.1 Å². The van der Waals surface area contributed by atoms with E-state index in [0.717, 1.165) is 6.42 Å². The summed E-state index contributed by atoms with van der Waals surface area (Å²) in [4.78, 5) is 15.7. The fourth-order valence-corrected chi connectivity index (χ4v) is 0.917. The highest BCUT2D eigenvalue weighted by Crippen LogP contribution is 2.00. The molecule has 0 aromatic rings. The summed E-state index contributed by atoms with van der Waals surface area (Å²) in [5, 5.41) is 2.88. The van der Waals surface area contributed by atoms with Crippen LogP contribution in [0.1, 0.15) is 41.0 Å². The van der Waals surface area contributed by atoms with E-state index in [-0.39, 0.29) is 17.5 Å². The van der Waals surface area contributed by atoms with Crippen molar-refractivity contribution >= 4 is 12.1 Å². The van der Waals surface area contributed by atoms with Gasteiger partial charge in [-0.05, 0) is 40.2 Å². The number of rotatable bonds is 4. The van der Waals surface area contributed by atoms with E-state index in [0.29, 0.717) is 0 Å². The van der Waals surface area contributed by atoms with Crippen molar-refractivity contribution in [3.63, 3.8) is 0 Å². The first-order valence-electron chi connectivity index (χ1n) is 5.37. The van der Waals surface area contributed by atoms with E-state index in [4.69, 9.17) is 0 Å². The van der Waals surface area contributed by atoms with E-state index in [1.54, 1.807) is 13.1 Å². The number of hydrogen-bond donors (Lipinski definition) is 1. The highest BCUT2D eigenvalue weighted by Gasteiger charge is 2.17. The van der Waals surface area contributed by atoms with Crippen molar-refractivity contribution in [2.45, 2.75) is 52.6 Å². The number of nitrogens with one attached hydrogen (secondary N) is 1. The van der Waals surface area contributed by atoms with Crippen LogP contribution in [0, 0.1) is 0 Å². The Morgan fingerprint density at radius 1 is 1.47 bits per heavy atom. The van der Waals surface area contributed by atoms with Gasteiger partial charge in [0.05, 0.1) is 0 Å². The van der Waals surface area contributed by atoms with Gasteiger partial charge in [0.25, 0.3) is 0 Å². The monoisotopic (exact) mass is 210 g/mol. The van der Waals surface area contributed by atoms with E-state index in [2.05, 4.69) is 17.2 Å². The number of amides is 1. The SMILES string of the molecule is CC/C=C\C=NC(C)C(=O)NC(C)(C)C. The van der Waals surface area contributed by atoms with E-state index in [1.165, 1.54) is 0 Å². The zero-order valence-corrected chi connectivity index (χ0v) is 10.4. The molecule has 3 heteroatoms. The number of hydrogen-bond acceptors (Lipinski definition) is 2. The Morgan fingerprint density at radius 3 is 2.53 bits per heavy atom. The van der Waals surface area contributed by atoms with Crippen molar-refractivity contribution in [1.82, 2.24) is 5.32 Å². The number of allylic oxidation sites excluding steroid dienone is 2. The molecule has 1 N–H and O–H groups in total. The van der Waals surface area contributed by atoms with E-state index in [1.807, 2.05) is 32.9 Å². The summed E-state index contributed by atoms with van der Waals surface area (Å²) in [6, 6.07) is -0.328. The normalized spacial score (nSPS) is 14.7. The van der Waals surface area contributed by atoms with Gasteiger partial charge in [0.15, 0.2) is 0 Å². The lowest BCUT2D eigenvalue weighted by molar-refractivity contribution is -0.123. The van der Waals surface area contributed by atoms with Crippen LogP contribution in [0.3, 0.4) is 0 Å². The molecule has 0 heterocycles. The average Bonchev–Trinajstić information content (AvgIpc) is 2.09. The van der Waals surface area contributed by atoms with Gasteiger partial charge in [0.1, 0.15) is 6.04 Å². The lowest BCUT2D eigenvalue weighted by Crippen LogP contribution is -2.44. The molecule has 0 aliphatic carbocycles. The molecule has 0 saturated heterocycles. The van der Waals surface area contributed by atoms with Crippen LogP contribution >= 0.6 is 0 Å². The zero-order chi connectivity index (χ0) is 11.9. The van der Waals surface area contributed by atoms with Crippen LogP contribution < -0.4 is 5.32 Å². The molecule has 1 unspecified atom stereocenters. The summed E-state index contributed by atoms with van der Waals surface area (Å²) in [7, 11) is 0. The van der Waals surface area contributed by atoms with Crippen molar-refractivity contribution in [3.8, 4) is 0 Å². The third-order valence-corrected chi connectivity index (χ3v) is 1.65. The van der Waals surface area contributed by atoms with Crippen LogP contribution in [0.5, 0.6) is 0 Å². The Balaban J connectivity index is 4.10. The van der Waals surface area contributed by atoms with E-state index >= 15 is 0 Å². The van der Waals surface area contributed by atoms with Crippen LogP contribution in [-0.4, -0.2) is 23.7 Å². The highest BCUT2D eigenvalue weighted by molar-refractivity contribution is 5.84. The quantitative estimate of drug-likeness (QED) is 0.711. The van der Waals surface area contributed by atoms with Gasteiger partial charge in [0, 0.05) is 11.8 Å². The number of carbonyl (C=O) groups is 1. The minimum atomic E-state index is -0.328. The molecule has 1 atom stereocenters. The van der Waals surface area contributed by atoms with Crippen LogP contribution in [0.2, 0.25) is 0 Å². The molecule has 0 radical (unpaired) electrons. The molecule has 0 aromatic carbocycles. The Morgan fingerprint density at radius 2 is 2.07 bits per heavy atom. The highest BCUT2D eigenvalue weighted by atomic mass is 16.2. The first-order valence-corrected chi connectivity index (χ1v) is 5.37.